The summed E-state index contributed by atoms with van der Waals surface area (Å²) < 4.78 is 5.50. The first-order valence-corrected chi connectivity index (χ1v) is 6.01. The van der Waals surface area contributed by atoms with E-state index in [4.69, 9.17) is 4.74 Å². The van der Waals surface area contributed by atoms with Crippen LogP contribution < -0.4 is 16.2 Å². The number of hydrogen-bond acceptors (Lipinski definition) is 5. The Bertz CT molecular complexity index is 465. The van der Waals surface area contributed by atoms with Crippen molar-refractivity contribution in [3.8, 4) is 0 Å². The van der Waals surface area contributed by atoms with Gasteiger partial charge in [-0.15, -0.1) is 0 Å². The summed E-state index contributed by atoms with van der Waals surface area (Å²) in [6.45, 7) is 2.83. The molecule has 1 saturated heterocycles. The molecule has 17 heavy (non-hydrogen) atoms. The number of ether oxygens (including phenoxy) is 1. The molecule has 1 aromatic rings. The molecule has 1 atom stereocenters. The normalized spacial score (nSPS) is 22.7. The standard InChI is InChI=1S/C11H16N4O2/c16-10-8-5-12-6-9(8)14-11(15-10)13-4-7-2-1-3-17-7/h7,12H,1-6H2,(H2,13,14,15,16). The molecule has 0 aliphatic carbocycles. The highest BCUT2D eigenvalue weighted by atomic mass is 16.5. The van der Waals surface area contributed by atoms with Gasteiger partial charge in [0.05, 0.1) is 17.4 Å². The molecule has 1 unspecified atom stereocenters. The van der Waals surface area contributed by atoms with Gasteiger partial charge in [-0.1, -0.05) is 0 Å². The molecule has 3 heterocycles. The number of nitrogens with one attached hydrogen (secondary N) is 3. The van der Waals surface area contributed by atoms with E-state index in [0.29, 0.717) is 25.6 Å². The molecule has 1 fully saturated rings. The molecular formula is C11H16N4O2. The molecular weight excluding hydrogens is 220 g/mol. The van der Waals surface area contributed by atoms with Crippen LogP contribution in [0.2, 0.25) is 0 Å². The molecule has 3 rings (SSSR count). The second-order valence-corrected chi connectivity index (χ2v) is 4.46. The fourth-order valence-electron chi connectivity index (χ4n) is 2.28. The molecule has 6 nitrogen and oxygen atoms in total. The van der Waals surface area contributed by atoms with Crippen LogP contribution in [0.1, 0.15) is 24.1 Å². The quantitative estimate of drug-likeness (QED) is 0.686. The third-order valence-corrected chi connectivity index (χ3v) is 3.22. The highest BCUT2D eigenvalue weighted by Crippen LogP contribution is 2.13. The van der Waals surface area contributed by atoms with Crippen molar-refractivity contribution in [2.45, 2.75) is 32.0 Å². The van der Waals surface area contributed by atoms with Gasteiger partial charge in [-0.25, -0.2) is 4.98 Å². The Morgan fingerprint density at radius 3 is 3.24 bits per heavy atom. The van der Waals surface area contributed by atoms with Gasteiger partial charge in [0.2, 0.25) is 5.95 Å². The summed E-state index contributed by atoms with van der Waals surface area (Å²) in [6, 6.07) is 0. The van der Waals surface area contributed by atoms with E-state index in [1.165, 1.54) is 0 Å². The van der Waals surface area contributed by atoms with Crippen molar-refractivity contribution in [2.75, 3.05) is 18.5 Å². The number of anilines is 1. The zero-order chi connectivity index (χ0) is 11.7. The van der Waals surface area contributed by atoms with E-state index in [0.717, 1.165) is 30.7 Å². The second-order valence-electron chi connectivity index (χ2n) is 4.46. The Hall–Kier alpha value is -1.40. The zero-order valence-electron chi connectivity index (χ0n) is 9.58. The second kappa shape index (κ2) is 4.46. The Balaban J connectivity index is 1.71. The predicted octanol–water partition coefficient (Wildman–Crippen LogP) is -0.0360. The van der Waals surface area contributed by atoms with Gasteiger partial charge in [-0.2, -0.15) is 0 Å². The van der Waals surface area contributed by atoms with Gasteiger partial charge in [-0.05, 0) is 12.8 Å². The lowest BCUT2D eigenvalue weighted by Gasteiger charge is -2.11. The van der Waals surface area contributed by atoms with Crippen molar-refractivity contribution >= 4 is 5.95 Å². The van der Waals surface area contributed by atoms with Gasteiger partial charge in [0.25, 0.3) is 5.56 Å². The number of nitrogens with zero attached hydrogens (tertiary/aromatic N) is 1. The van der Waals surface area contributed by atoms with Crippen molar-refractivity contribution in [1.82, 2.24) is 15.3 Å². The third kappa shape index (κ3) is 2.18. The summed E-state index contributed by atoms with van der Waals surface area (Å²) in [5.74, 6) is 0.549. The van der Waals surface area contributed by atoms with E-state index in [-0.39, 0.29) is 11.7 Å². The fraction of sp³-hybridized carbons (Fsp3) is 0.636. The molecule has 3 N–H and O–H groups in total. The molecule has 92 valence electrons. The number of aromatic nitrogens is 2. The van der Waals surface area contributed by atoms with Crippen LogP contribution in [0, 0.1) is 0 Å². The van der Waals surface area contributed by atoms with Crippen molar-refractivity contribution in [3.63, 3.8) is 0 Å². The summed E-state index contributed by atoms with van der Waals surface area (Å²) >= 11 is 0. The maximum absolute atomic E-state index is 11.7. The van der Waals surface area contributed by atoms with Crippen LogP contribution in [0.4, 0.5) is 5.95 Å². The lowest BCUT2D eigenvalue weighted by Crippen LogP contribution is -2.23. The molecule has 0 radical (unpaired) electrons. The summed E-state index contributed by atoms with van der Waals surface area (Å²) in [6.07, 6.45) is 2.43. The summed E-state index contributed by atoms with van der Waals surface area (Å²) in [5, 5.41) is 6.26. The molecule has 1 aromatic heterocycles. The minimum atomic E-state index is -0.0464. The van der Waals surface area contributed by atoms with Gasteiger partial charge >= 0.3 is 0 Å². The van der Waals surface area contributed by atoms with Crippen molar-refractivity contribution < 1.29 is 4.74 Å². The van der Waals surface area contributed by atoms with Crippen LogP contribution in [-0.2, 0) is 17.8 Å². The smallest absolute Gasteiger partial charge is 0.257 e. The van der Waals surface area contributed by atoms with E-state index in [1.54, 1.807) is 0 Å². The highest BCUT2D eigenvalue weighted by Gasteiger charge is 2.18. The molecule has 2 aliphatic heterocycles. The molecule has 0 amide bonds. The highest BCUT2D eigenvalue weighted by molar-refractivity contribution is 5.31. The van der Waals surface area contributed by atoms with Crippen molar-refractivity contribution in [2.24, 2.45) is 0 Å². The predicted molar refractivity (Wildman–Crippen MR) is 62.9 cm³/mol. The Morgan fingerprint density at radius 1 is 1.47 bits per heavy atom. The van der Waals surface area contributed by atoms with Crippen LogP contribution in [0.5, 0.6) is 0 Å². The van der Waals surface area contributed by atoms with Crippen LogP contribution in [0.25, 0.3) is 0 Å². The number of rotatable bonds is 3. The number of aromatic amines is 1. The van der Waals surface area contributed by atoms with Gasteiger partial charge in [0, 0.05) is 26.2 Å². The van der Waals surface area contributed by atoms with E-state index in [2.05, 4.69) is 20.6 Å². The van der Waals surface area contributed by atoms with Crippen LogP contribution in [-0.4, -0.2) is 29.2 Å². The number of fused-ring (bicyclic) bond motifs is 1. The molecule has 0 spiro atoms. The van der Waals surface area contributed by atoms with Crippen LogP contribution in [0.15, 0.2) is 4.79 Å². The lowest BCUT2D eigenvalue weighted by atomic mass is 10.2. The Labute approximate surface area is 98.8 Å². The first kappa shape index (κ1) is 10.7. The van der Waals surface area contributed by atoms with Crippen molar-refractivity contribution in [3.05, 3.63) is 21.6 Å². The third-order valence-electron chi connectivity index (χ3n) is 3.22. The molecule has 2 aliphatic rings. The monoisotopic (exact) mass is 236 g/mol. The van der Waals surface area contributed by atoms with Gasteiger partial charge in [-0.3, -0.25) is 9.78 Å². The Morgan fingerprint density at radius 2 is 2.41 bits per heavy atom. The maximum atomic E-state index is 11.7. The first-order chi connectivity index (χ1) is 8.33. The lowest BCUT2D eigenvalue weighted by molar-refractivity contribution is 0.120. The van der Waals surface area contributed by atoms with E-state index < -0.39 is 0 Å². The summed E-state index contributed by atoms with van der Waals surface area (Å²) in [7, 11) is 0. The zero-order valence-corrected chi connectivity index (χ0v) is 9.58. The average Bonchev–Trinajstić information content (AvgIpc) is 2.97. The van der Waals surface area contributed by atoms with Crippen molar-refractivity contribution in [1.29, 1.82) is 0 Å². The topological polar surface area (TPSA) is 79.0 Å². The first-order valence-electron chi connectivity index (χ1n) is 6.01. The maximum Gasteiger partial charge on any atom is 0.257 e. The van der Waals surface area contributed by atoms with Crippen LogP contribution >= 0.6 is 0 Å². The molecule has 6 heteroatoms. The summed E-state index contributed by atoms with van der Waals surface area (Å²) in [5.41, 5.74) is 1.56. The number of H-pyrrole nitrogens is 1. The van der Waals surface area contributed by atoms with Gasteiger partial charge in [0.1, 0.15) is 0 Å². The van der Waals surface area contributed by atoms with Gasteiger partial charge in [0.15, 0.2) is 0 Å². The van der Waals surface area contributed by atoms with Crippen LogP contribution in [0.3, 0.4) is 0 Å². The largest absolute Gasteiger partial charge is 0.376 e. The SMILES string of the molecule is O=c1[nH]c(NCC2CCCO2)nc2c1CNC2. The molecule has 0 bridgehead atoms. The molecule has 0 aromatic carbocycles. The minimum Gasteiger partial charge on any atom is -0.376 e. The van der Waals surface area contributed by atoms with E-state index in [9.17, 15) is 4.79 Å². The number of hydrogen-bond donors (Lipinski definition) is 3. The van der Waals surface area contributed by atoms with E-state index in [1.807, 2.05) is 0 Å². The van der Waals surface area contributed by atoms with E-state index >= 15 is 0 Å². The van der Waals surface area contributed by atoms with Gasteiger partial charge < -0.3 is 15.4 Å². The molecule has 0 saturated carbocycles. The summed E-state index contributed by atoms with van der Waals surface area (Å²) in [4.78, 5) is 18.9. The average molecular weight is 236 g/mol. The minimum absolute atomic E-state index is 0.0464. The Kier molecular flexibility index (Phi) is 2.82. The fourth-order valence-corrected chi connectivity index (χ4v) is 2.28.